The van der Waals surface area contributed by atoms with Crippen molar-refractivity contribution in [2.45, 2.75) is 13.5 Å². The van der Waals surface area contributed by atoms with Gasteiger partial charge < -0.3 is 14.8 Å². The summed E-state index contributed by atoms with van der Waals surface area (Å²) < 4.78 is 9.78. The number of pyridine rings is 1. The van der Waals surface area contributed by atoms with Crippen LogP contribution in [0.15, 0.2) is 18.3 Å². The van der Waals surface area contributed by atoms with E-state index in [1.54, 1.807) is 12.1 Å². The molecular formula is C12H18N2O3. The van der Waals surface area contributed by atoms with E-state index in [4.69, 9.17) is 4.74 Å². The molecule has 0 radical (unpaired) electrons. The van der Waals surface area contributed by atoms with Gasteiger partial charge in [0.1, 0.15) is 0 Å². The fraction of sp³-hybridized carbons (Fsp3) is 0.500. The minimum atomic E-state index is -0.367. The van der Waals surface area contributed by atoms with E-state index in [-0.39, 0.29) is 5.97 Å². The Hall–Kier alpha value is -1.46. The van der Waals surface area contributed by atoms with Gasteiger partial charge in [-0.1, -0.05) is 0 Å². The summed E-state index contributed by atoms with van der Waals surface area (Å²) in [5.41, 5.74) is 1.35. The molecule has 0 amide bonds. The van der Waals surface area contributed by atoms with E-state index in [9.17, 15) is 4.79 Å². The molecule has 0 aromatic carbocycles. The molecule has 0 saturated carbocycles. The van der Waals surface area contributed by atoms with Crippen LogP contribution in [0.1, 0.15) is 23.0 Å². The van der Waals surface area contributed by atoms with Crippen LogP contribution in [-0.2, 0) is 16.0 Å². The van der Waals surface area contributed by atoms with Gasteiger partial charge in [0.05, 0.1) is 25.0 Å². The molecule has 0 aliphatic carbocycles. The van der Waals surface area contributed by atoms with E-state index in [1.165, 1.54) is 13.3 Å². The van der Waals surface area contributed by atoms with Crippen LogP contribution in [-0.4, -0.2) is 37.8 Å². The van der Waals surface area contributed by atoms with Crippen molar-refractivity contribution in [3.05, 3.63) is 29.6 Å². The predicted molar refractivity (Wildman–Crippen MR) is 63.8 cm³/mol. The fourth-order valence-electron chi connectivity index (χ4n) is 1.27. The van der Waals surface area contributed by atoms with Crippen molar-refractivity contribution in [1.82, 2.24) is 10.3 Å². The number of aromatic nitrogens is 1. The molecule has 1 N–H and O–H groups in total. The lowest BCUT2D eigenvalue weighted by Gasteiger charge is -2.05. The molecule has 5 nitrogen and oxygen atoms in total. The van der Waals surface area contributed by atoms with Crippen LogP contribution in [0.5, 0.6) is 0 Å². The molecule has 0 fully saturated rings. The Morgan fingerprint density at radius 1 is 1.47 bits per heavy atom. The number of carbonyl (C=O) groups excluding carboxylic acids is 1. The second kappa shape index (κ2) is 7.76. The van der Waals surface area contributed by atoms with Gasteiger partial charge in [0.2, 0.25) is 0 Å². The first kappa shape index (κ1) is 13.6. The van der Waals surface area contributed by atoms with Gasteiger partial charge in [-0.05, 0) is 19.1 Å². The third kappa shape index (κ3) is 4.93. The molecule has 0 atom stereocenters. The molecule has 94 valence electrons. The van der Waals surface area contributed by atoms with E-state index in [1.807, 2.05) is 6.92 Å². The standard InChI is InChI=1S/C12H18N2O3/c1-3-17-7-6-13-9-11-5-4-10(8-14-11)12(15)16-2/h4-5,8,13H,3,6-7,9H2,1-2H3. The lowest BCUT2D eigenvalue weighted by atomic mass is 10.2. The van der Waals surface area contributed by atoms with Crippen molar-refractivity contribution in [3.8, 4) is 0 Å². The zero-order valence-electron chi connectivity index (χ0n) is 10.2. The van der Waals surface area contributed by atoms with Gasteiger partial charge in [-0.3, -0.25) is 4.98 Å². The number of hydrogen-bond acceptors (Lipinski definition) is 5. The number of nitrogens with one attached hydrogen (secondary N) is 1. The summed E-state index contributed by atoms with van der Waals surface area (Å²) in [6.45, 7) is 4.83. The number of methoxy groups -OCH3 is 1. The first-order chi connectivity index (χ1) is 8.27. The Kier molecular flexibility index (Phi) is 6.21. The fourth-order valence-corrected chi connectivity index (χ4v) is 1.27. The maximum Gasteiger partial charge on any atom is 0.339 e. The average Bonchev–Trinajstić information content (AvgIpc) is 2.38. The summed E-state index contributed by atoms with van der Waals surface area (Å²) in [7, 11) is 1.35. The summed E-state index contributed by atoms with van der Waals surface area (Å²) in [6, 6.07) is 3.51. The molecule has 1 heterocycles. The Balaban J connectivity index is 2.33. The van der Waals surface area contributed by atoms with E-state index < -0.39 is 0 Å². The Morgan fingerprint density at radius 2 is 2.29 bits per heavy atom. The summed E-state index contributed by atoms with van der Waals surface area (Å²) >= 11 is 0. The molecule has 17 heavy (non-hydrogen) atoms. The molecule has 1 rings (SSSR count). The molecular weight excluding hydrogens is 220 g/mol. The molecule has 1 aromatic rings. The predicted octanol–water partition coefficient (Wildman–Crippen LogP) is 0.994. The molecule has 0 unspecified atom stereocenters. The van der Waals surface area contributed by atoms with Crippen molar-refractivity contribution in [2.24, 2.45) is 0 Å². The van der Waals surface area contributed by atoms with E-state index in [2.05, 4.69) is 15.0 Å². The third-order valence-electron chi connectivity index (χ3n) is 2.18. The topological polar surface area (TPSA) is 60.5 Å². The lowest BCUT2D eigenvalue weighted by molar-refractivity contribution is 0.0600. The van der Waals surface area contributed by atoms with Crippen molar-refractivity contribution in [3.63, 3.8) is 0 Å². The van der Waals surface area contributed by atoms with Crippen LogP contribution >= 0.6 is 0 Å². The van der Waals surface area contributed by atoms with Crippen molar-refractivity contribution in [2.75, 3.05) is 26.9 Å². The molecule has 5 heteroatoms. The van der Waals surface area contributed by atoms with Crippen LogP contribution in [0.2, 0.25) is 0 Å². The molecule has 0 bridgehead atoms. The summed E-state index contributed by atoms with van der Waals surface area (Å²) in [6.07, 6.45) is 1.52. The lowest BCUT2D eigenvalue weighted by Crippen LogP contribution is -2.19. The molecule has 0 spiro atoms. The summed E-state index contributed by atoms with van der Waals surface area (Å²) in [5.74, 6) is -0.367. The second-order valence-electron chi connectivity index (χ2n) is 3.40. The molecule has 0 aliphatic heterocycles. The van der Waals surface area contributed by atoms with Crippen LogP contribution in [0, 0.1) is 0 Å². The van der Waals surface area contributed by atoms with Crippen molar-refractivity contribution >= 4 is 5.97 Å². The number of carbonyl (C=O) groups is 1. The number of hydrogen-bond donors (Lipinski definition) is 1. The van der Waals surface area contributed by atoms with Gasteiger partial charge in [-0.15, -0.1) is 0 Å². The quantitative estimate of drug-likeness (QED) is 0.567. The van der Waals surface area contributed by atoms with Crippen LogP contribution in [0.25, 0.3) is 0 Å². The smallest absolute Gasteiger partial charge is 0.339 e. The summed E-state index contributed by atoms with van der Waals surface area (Å²) in [5, 5.41) is 3.20. The maximum atomic E-state index is 11.2. The highest BCUT2D eigenvalue weighted by molar-refractivity contribution is 5.88. The van der Waals surface area contributed by atoms with Crippen molar-refractivity contribution in [1.29, 1.82) is 0 Å². The molecule has 0 saturated heterocycles. The molecule has 1 aromatic heterocycles. The van der Waals surface area contributed by atoms with Gasteiger partial charge >= 0.3 is 5.97 Å². The highest BCUT2D eigenvalue weighted by Gasteiger charge is 2.04. The van der Waals surface area contributed by atoms with Gasteiger partial charge in [-0.2, -0.15) is 0 Å². The SMILES string of the molecule is CCOCCNCc1ccc(C(=O)OC)cn1. The normalized spacial score (nSPS) is 10.2. The number of esters is 1. The average molecular weight is 238 g/mol. The monoisotopic (exact) mass is 238 g/mol. The van der Waals surface area contributed by atoms with Gasteiger partial charge in [0.15, 0.2) is 0 Å². The Morgan fingerprint density at radius 3 is 2.88 bits per heavy atom. The van der Waals surface area contributed by atoms with Crippen LogP contribution in [0.4, 0.5) is 0 Å². The zero-order valence-corrected chi connectivity index (χ0v) is 10.2. The van der Waals surface area contributed by atoms with Crippen LogP contribution in [0.3, 0.4) is 0 Å². The number of nitrogens with zero attached hydrogens (tertiary/aromatic N) is 1. The number of rotatable bonds is 7. The van der Waals surface area contributed by atoms with Gasteiger partial charge in [0.25, 0.3) is 0 Å². The zero-order chi connectivity index (χ0) is 12.5. The second-order valence-corrected chi connectivity index (χ2v) is 3.40. The Labute approximate surface area is 101 Å². The van der Waals surface area contributed by atoms with E-state index in [0.29, 0.717) is 18.7 Å². The van der Waals surface area contributed by atoms with Gasteiger partial charge in [-0.25, -0.2) is 4.79 Å². The maximum absolute atomic E-state index is 11.2. The molecule has 0 aliphatic rings. The van der Waals surface area contributed by atoms with Gasteiger partial charge in [0, 0.05) is 25.9 Å². The van der Waals surface area contributed by atoms with E-state index >= 15 is 0 Å². The minimum Gasteiger partial charge on any atom is -0.465 e. The van der Waals surface area contributed by atoms with Crippen molar-refractivity contribution < 1.29 is 14.3 Å². The number of ether oxygens (including phenoxy) is 2. The van der Waals surface area contributed by atoms with Crippen LogP contribution < -0.4 is 5.32 Å². The third-order valence-corrected chi connectivity index (χ3v) is 2.18. The minimum absolute atomic E-state index is 0.367. The highest BCUT2D eigenvalue weighted by atomic mass is 16.5. The first-order valence-electron chi connectivity index (χ1n) is 5.59. The highest BCUT2D eigenvalue weighted by Crippen LogP contribution is 2.01. The first-order valence-corrected chi connectivity index (χ1v) is 5.59. The summed E-state index contributed by atoms with van der Waals surface area (Å²) in [4.78, 5) is 15.3. The van der Waals surface area contributed by atoms with E-state index in [0.717, 1.165) is 18.8 Å². The largest absolute Gasteiger partial charge is 0.465 e. The Bertz CT molecular complexity index is 338.